The molecule has 0 spiro atoms. The van der Waals surface area contributed by atoms with Gasteiger partial charge in [-0.2, -0.15) is 0 Å². The third kappa shape index (κ3) is 3.78. The second kappa shape index (κ2) is 7.82. The summed E-state index contributed by atoms with van der Waals surface area (Å²) in [5, 5.41) is 2.28. The zero-order valence-electron chi connectivity index (χ0n) is 12.0. The lowest BCUT2D eigenvalue weighted by atomic mass is 10.3. The first kappa shape index (κ1) is 16.3. The Balaban J connectivity index is 1.94. The van der Waals surface area contributed by atoms with E-state index in [0.717, 1.165) is 37.1 Å². The van der Waals surface area contributed by atoms with Crippen LogP contribution in [0, 0.1) is 0 Å². The predicted molar refractivity (Wildman–Crippen MR) is 91.3 cm³/mol. The maximum atomic E-state index is 12.1. The summed E-state index contributed by atoms with van der Waals surface area (Å²) >= 11 is 7.06. The molecule has 1 aliphatic rings. The fourth-order valence-corrected chi connectivity index (χ4v) is 5.65. The second-order valence-corrected chi connectivity index (χ2v) is 7.63. The van der Waals surface area contributed by atoms with Gasteiger partial charge in [0, 0.05) is 11.0 Å². The zero-order chi connectivity index (χ0) is 14.5. The summed E-state index contributed by atoms with van der Waals surface area (Å²) < 4.78 is 1.13. The molecule has 1 aromatic heterocycles. The summed E-state index contributed by atoms with van der Waals surface area (Å²) in [6.45, 7) is 8.47. The Hall–Kier alpha value is -0.0400. The van der Waals surface area contributed by atoms with Gasteiger partial charge in [-0.15, -0.1) is 23.1 Å². The van der Waals surface area contributed by atoms with Crippen molar-refractivity contribution >= 4 is 44.9 Å². The van der Waals surface area contributed by atoms with E-state index in [9.17, 15) is 4.79 Å². The van der Waals surface area contributed by atoms with Gasteiger partial charge in [-0.1, -0.05) is 13.8 Å². The van der Waals surface area contributed by atoms with E-state index in [1.54, 1.807) is 23.1 Å². The summed E-state index contributed by atoms with van der Waals surface area (Å²) in [7, 11) is 0. The Morgan fingerprint density at radius 2 is 2.20 bits per heavy atom. The molecule has 3 nitrogen and oxygen atoms in total. The van der Waals surface area contributed by atoms with E-state index < -0.39 is 0 Å². The fraction of sp³-hybridized carbons (Fsp3) is 0.643. The van der Waals surface area contributed by atoms with E-state index in [1.807, 2.05) is 4.90 Å². The Morgan fingerprint density at radius 3 is 2.80 bits per heavy atom. The summed E-state index contributed by atoms with van der Waals surface area (Å²) in [6.07, 6.45) is 1.05. The van der Waals surface area contributed by atoms with E-state index in [0.29, 0.717) is 5.75 Å². The molecule has 0 saturated carbocycles. The first-order valence-electron chi connectivity index (χ1n) is 7.03. The Kier molecular flexibility index (Phi) is 6.39. The van der Waals surface area contributed by atoms with Gasteiger partial charge in [0.25, 0.3) is 0 Å². The zero-order valence-corrected chi connectivity index (χ0v) is 15.2. The summed E-state index contributed by atoms with van der Waals surface area (Å²) in [5.74, 6) is 0.889. The monoisotopic (exact) mass is 376 g/mol. The summed E-state index contributed by atoms with van der Waals surface area (Å²) in [6, 6.07) is 2.07. The third-order valence-electron chi connectivity index (χ3n) is 3.60. The van der Waals surface area contributed by atoms with E-state index in [-0.39, 0.29) is 11.3 Å². The number of rotatable bonds is 7. The van der Waals surface area contributed by atoms with Crippen molar-refractivity contribution in [2.75, 3.05) is 31.9 Å². The smallest absolute Gasteiger partial charge is 0.233 e. The lowest BCUT2D eigenvalue weighted by Crippen LogP contribution is -2.32. The van der Waals surface area contributed by atoms with Crippen LogP contribution >= 0.6 is 39.0 Å². The molecule has 6 heteroatoms. The number of carbonyl (C=O) groups is 1. The van der Waals surface area contributed by atoms with Crippen LogP contribution in [0.1, 0.15) is 30.5 Å². The third-order valence-corrected chi connectivity index (χ3v) is 6.90. The average molecular weight is 377 g/mol. The summed E-state index contributed by atoms with van der Waals surface area (Å²) in [4.78, 5) is 17.8. The molecule has 2 rings (SSSR count). The number of halogens is 1. The van der Waals surface area contributed by atoms with E-state index in [4.69, 9.17) is 0 Å². The van der Waals surface area contributed by atoms with Crippen LogP contribution in [-0.4, -0.2) is 47.6 Å². The molecule has 1 fully saturated rings. The van der Waals surface area contributed by atoms with Crippen LogP contribution < -0.4 is 0 Å². The first-order valence-corrected chi connectivity index (χ1v) is 9.75. The highest BCUT2D eigenvalue weighted by Crippen LogP contribution is 2.43. The molecule has 1 aromatic rings. The van der Waals surface area contributed by atoms with Crippen molar-refractivity contribution in [2.45, 2.75) is 25.6 Å². The number of hydrogen-bond acceptors (Lipinski definition) is 4. The largest absolute Gasteiger partial charge is 0.325 e. The van der Waals surface area contributed by atoms with Crippen LogP contribution in [0.15, 0.2) is 15.9 Å². The van der Waals surface area contributed by atoms with Crippen molar-refractivity contribution in [3.63, 3.8) is 0 Å². The van der Waals surface area contributed by atoms with Gasteiger partial charge in [-0.25, -0.2) is 0 Å². The molecule has 0 aromatic carbocycles. The van der Waals surface area contributed by atoms with Gasteiger partial charge in [0.05, 0.1) is 10.6 Å². The van der Waals surface area contributed by atoms with Gasteiger partial charge in [0.15, 0.2) is 0 Å². The molecular formula is C14H21BrN2OS2. The van der Waals surface area contributed by atoms with Crippen molar-refractivity contribution in [3.05, 3.63) is 20.8 Å². The number of nitrogens with zero attached hydrogens (tertiary/aromatic N) is 2. The Bertz CT molecular complexity index is 448. The topological polar surface area (TPSA) is 23.6 Å². The van der Waals surface area contributed by atoms with Gasteiger partial charge < -0.3 is 9.80 Å². The van der Waals surface area contributed by atoms with Crippen LogP contribution in [-0.2, 0) is 4.79 Å². The van der Waals surface area contributed by atoms with Gasteiger partial charge in [-0.3, -0.25) is 4.79 Å². The minimum Gasteiger partial charge on any atom is -0.325 e. The first-order chi connectivity index (χ1) is 9.67. The molecule has 0 radical (unpaired) electrons. The number of carbonyl (C=O) groups excluding carboxylic acids is 1. The molecule has 1 atom stereocenters. The summed E-state index contributed by atoms with van der Waals surface area (Å²) in [5.41, 5.74) is 0. The lowest BCUT2D eigenvalue weighted by Gasteiger charge is -2.25. The molecule has 1 saturated heterocycles. The highest BCUT2D eigenvalue weighted by Gasteiger charge is 2.34. The lowest BCUT2D eigenvalue weighted by molar-refractivity contribution is -0.128. The van der Waals surface area contributed by atoms with Crippen LogP contribution in [0.25, 0.3) is 0 Å². The van der Waals surface area contributed by atoms with Gasteiger partial charge in [0.2, 0.25) is 5.91 Å². The van der Waals surface area contributed by atoms with Crippen LogP contribution in [0.5, 0.6) is 0 Å². The van der Waals surface area contributed by atoms with E-state index in [2.05, 4.69) is 46.1 Å². The van der Waals surface area contributed by atoms with Crippen molar-refractivity contribution in [1.82, 2.24) is 9.80 Å². The average Bonchev–Trinajstić information content (AvgIpc) is 3.01. The number of thioether (sulfide) groups is 1. The molecule has 1 unspecified atom stereocenters. The number of hydrogen-bond donors (Lipinski definition) is 0. The number of thiophene rings is 1. The van der Waals surface area contributed by atoms with Gasteiger partial charge >= 0.3 is 0 Å². The fourth-order valence-electron chi connectivity index (χ4n) is 2.40. The van der Waals surface area contributed by atoms with Crippen molar-refractivity contribution in [2.24, 2.45) is 0 Å². The maximum absolute atomic E-state index is 12.1. The standard InChI is InChI=1S/C14H21BrN2OS2/c1-3-16(4-2)7-5-8-17-12(18)10-20-14(17)13-11(15)6-9-19-13/h6,9,14H,3-5,7-8,10H2,1-2H3. The SMILES string of the molecule is CCN(CC)CCCN1C(=O)CSC1c1sccc1Br. The number of amides is 1. The van der Waals surface area contributed by atoms with Crippen LogP contribution in [0.4, 0.5) is 0 Å². The van der Waals surface area contributed by atoms with Crippen molar-refractivity contribution in [3.8, 4) is 0 Å². The molecule has 2 heterocycles. The molecule has 112 valence electrons. The van der Waals surface area contributed by atoms with Gasteiger partial charge in [-0.05, 0) is 53.4 Å². The van der Waals surface area contributed by atoms with Crippen molar-refractivity contribution in [1.29, 1.82) is 0 Å². The van der Waals surface area contributed by atoms with Crippen LogP contribution in [0.2, 0.25) is 0 Å². The van der Waals surface area contributed by atoms with Gasteiger partial charge in [0.1, 0.15) is 5.37 Å². The minimum atomic E-state index is 0.202. The Morgan fingerprint density at radius 1 is 1.45 bits per heavy atom. The molecular weight excluding hydrogens is 356 g/mol. The Labute approximate surface area is 137 Å². The van der Waals surface area contributed by atoms with E-state index in [1.165, 1.54) is 4.88 Å². The van der Waals surface area contributed by atoms with E-state index >= 15 is 0 Å². The maximum Gasteiger partial charge on any atom is 0.233 e. The van der Waals surface area contributed by atoms with Crippen LogP contribution in [0.3, 0.4) is 0 Å². The van der Waals surface area contributed by atoms with Crippen molar-refractivity contribution < 1.29 is 4.79 Å². The minimum absolute atomic E-state index is 0.202. The highest BCUT2D eigenvalue weighted by molar-refractivity contribution is 9.10. The molecule has 1 aliphatic heterocycles. The molecule has 0 bridgehead atoms. The highest BCUT2D eigenvalue weighted by atomic mass is 79.9. The predicted octanol–water partition coefficient (Wildman–Crippen LogP) is 3.82. The molecule has 0 aliphatic carbocycles. The normalized spacial score (nSPS) is 19.3. The second-order valence-electron chi connectivity index (χ2n) is 4.76. The molecule has 1 amide bonds. The quantitative estimate of drug-likeness (QED) is 0.722. The molecule has 0 N–H and O–H groups in total. The molecule has 20 heavy (non-hydrogen) atoms.